The molecule has 2 nitrogen and oxygen atoms in total. The number of hydrogen-bond donors (Lipinski definition) is 1. The molecular formula is C16H16Cl2FNORu. The van der Waals surface area contributed by atoms with Gasteiger partial charge < -0.3 is 0 Å². The molecule has 6 heteroatoms. The van der Waals surface area contributed by atoms with Crippen molar-refractivity contribution < 1.29 is 22.6 Å². The molecule has 2 aromatic carbocycles. The van der Waals surface area contributed by atoms with E-state index in [-0.39, 0.29) is 5.82 Å². The molecule has 2 aromatic rings. The van der Waals surface area contributed by atoms with Crippen LogP contribution in [0, 0.1) is 12.7 Å². The van der Waals surface area contributed by atoms with E-state index in [1.165, 1.54) is 12.1 Å². The van der Waals surface area contributed by atoms with Crippen molar-refractivity contribution in [3.8, 4) is 5.75 Å². The second-order valence-corrected chi connectivity index (χ2v) is 10.4. The molecule has 0 heterocycles. The van der Waals surface area contributed by atoms with Crippen molar-refractivity contribution in [3.63, 3.8) is 0 Å². The third-order valence-electron chi connectivity index (χ3n) is 3.12. The van der Waals surface area contributed by atoms with Gasteiger partial charge in [-0.1, -0.05) is 0 Å². The van der Waals surface area contributed by atoms with E-state index in [1.54, 1.807) is 17.8 Å². The number of halogens is 3. The molecule has 0 saturated carbocycles. The molecule has 0 aromatic heterocycles. The molecule has 0 saturated heterocycles. The van der Waals surface area contributed by atoms with Crippen LogP contribution in [0.15, 0.2) is 36.4 Å². The predicted octanol–water partition coefficient (Wildman–Crippen LogP) is 4.83. The molecule has 22 heavy (non-hydrogen) atoms. The van der Waals surface area contributed by atoms with E-state index in [2.05, 4.69) is 5.32 Å². The summed E-state index contributed by atoms with van der Waals surface area (Å²) in [7, 11) is 13.5. The van der Waals surface area contributed by atoms with Gasteiger partial charge in [0.2, 0.25) is 0 Å². The molecule has 120 valence electrons. The van der Waals surface area contributed by atoms with Crippen molar-refractivity contribution in [2.75, 3.05) is 12.4 Å². The topological polar surface area (TPSA) is 21.3 Å². The zero-order valence-corrected chi connectivity index (χ0v) is 15.4. The molecule has 2 rings (SSSR count). The van der Waals surface area contributed by atoms with Gasteiger partial charge in [-0.3, -0.25) is 0 Å². The Morgan fingerprint density at radius 2 is 2.00 bits per heavy atom. The number of ether oxygens (including phenoxy) is 1. The summed E-state index contributed by atoms with van der Waals surface area (Å²) < 4.78 is 20.5. The van der Waals surface area contributed by atoms with Crippen molar-refractivity contribution in [1.82, 2.24) is 0 Å². The van der Waals surface area contributed by atoms with Crippen LogP contribution in [0.25, 0.3) is 0 Å². The van der Waals surface area contributed by atoms with Gasteiger partial charge in [0.25, 0.3) is 0 Å². The summed E-state index contributed by atoms with van der Waals surface area (Å²) in [5, 5.41) is 3.32. The maximum absolute atomic E-state index is 13.4. The van der Waals surface area contributed by atoms with E-state index in [0.29, 0.717) is 6.54 Å². The van der Waals surface area contributed by atoms with Gasteiger partial charge in [-0.25, -0.2) is 0 Å². The van der Waals surface area contributed by atoms with Crippen LogP contribution in [-0.4, -0.2) is 11.7 Å². The third-order valence-corrected chi connectivity index (χ3v) is 4.95. The molecule has 0 atom stereocenters. The first-order chi connectivity index (χ1) is 10.5. The Hall–Kier alpha value is -0.957. The fourth-order valence-corrected chi connectivity index (χ4v) is 3.91. The van der Waals surface area contributed by atoms with E-state index < -0.39 is 13.5 Å². The van der Waals surface area contributed by atoms with E-state index in [4.69, 9.17) is 24.1 Å². The van der Waals surface area contributed by atoms with Crippen molar-refractivity contribution in [1.29, 1.82) is 0 Å². The number of rotatable bonds is 5. The molecule has 0 fully saturated rings. The number of nitrogens with one attached hydrogen (secondary N) is 1. The minimum atomic E-state index is -2.01. The van der Waals surface area contributed by atoms with Gasteiger partial charge in [-0.05, 0) is 0 Å². The van der Waals surface area contributed by atoms with Crippen molar-refractivity contribution in [2.45, 2.75) is 13.5 Å². The van der Waals surface area contributed by atoms with E-state index in [9.17, 15) is 4.39 Å². The standard InChI is InChI=1S/C16H16FNO.2ClH.Ru/c1-11-4-7-16(19-3)15(8-11)18-10-13-5-6-14(17)9-12(13)2;;;/h2,4-9,18H,10H2,1,3H3;2*1H;/q;;;+2/p-2. The fourth-order valence-electron chi connectivity index (χ4n) is 2.06. The first-order valence-corrected chi connectivity index (χ1v) is 12.0. The average molecular weight is 429 g/mol. The first kappa shape index (κ1) is 17.4. The van der Waals surface area contributed by atoms with Crippen molar-refractivity contribution >= 4 is 29.7 Å². The monoisotopic (exact) mass is 429 g/mol. The van der Waals surface area contributed by atoms with Crippen LogP contribution in [0.4, 0.5) is 10.1 Å². The zero-order valence-electron chi connectivity index (χ0n) is 12.1. The molecule has 0 bridgehead atoms. The van der Waals surface area contributed by atoms with Crippen LogP contribution in [0.2, 0.25) is 0 Å². The quantitative estimate of drug-likeness (QED) is 0.688. The Morgan fingerprint density at radius 3 is 2.68 bits per heavy atom. The first-order valence-electron chi connectivity index (χ1n) is 6.49. The van der Waals surface area contributed by atoms with Gasteiger partial charge in [0.15, 0.2) is 0 Å². The summed E-state index contributed by atoms with van der Waals surface area (Å²) in [4.78, 5) is 0. The number of hydrogen-bond acceptors (Lipinski definition) is 2. The average Bonchev–Trinajstić information content (AvgIpc) is 2.46. The number of anilines is 1. The Bertz CT molecular complexity index is 703. The minimum absolute atomic E-state index is 0.299. The van der Waals surface area contributed by atoms with Crippen LogP contribution >= 0.6 is 19.4 Å². The summed E-state index contributed by atoms with van der Waals surface area (Å²) in [5.41, 5.74) is 3.69. The SMILES string of the molecule is COc1ccc(C)cc1NCc1ccc(F)cc1[CH]=[Ru]([Cl])[Cl]. The second-order valence-electron chi connectivity index (χ2n) is 4.71. The third kappa shape index (κ3) is 4.77. The van der Waals surface area contributed by atoms with E-state index in [1.807, 2.05) is 25.1 Å². The van der Waals surface area contributed by atoms with Crippen LogP contribution in [0.1, 0.15) is 16.7 Å². The number of aryl methyl sites for hydroxylation is 1. The molecule has 0 aliphatic carbocycles. The van der Waals surface area contributed by atoms with Crippen LogP contribution in [-0.2, 0) is 20.1 Å². The van der Waals surface area contributed by atoms with Gasteiger partial charge in [0, 0.05) is 0 Å². The van der Waals surface area contributed by atoms with Gasteiger partial charge in [-0.15, -0.1) is 0 Å². The van der Waals surface area contributed by atoms with Crippen LogP contribution in [0.3, 0.4) is 0 Å². The Morgan fingerprint density at radius 1 is 1.23 bits per heavy atom. The summed E-state index contributed by atoms with van der Waals surface area (Å²) in [5.74, 6) is 0.465. The fraction of sp³-hybridized carbons (Fsp3) is 0.188. The molecule has 0 aliphatic heterocycles. The maximum atomic E-state index is 13.4. The molecule has 1 N–H and O–H groups in total. The second kappa shape index (κ2) is 8.05. The van der Waals surface area contributed by atoms with Crippen LogP contribution < -0.4 is 10.1 Å². The van der Waals surface area contributed by atoms with Gasteiger partial charge in [0.05, 0.1) is 0 Å². The Balaban J connectivity index is 2.25. The molecule has 0 radical (unpaired) electrons. The molecule has 0 unspecified atom stereocenters. The van der Waals surface area contributed by atoms with E-state index >= 15 is 0 Å². The van der Waals surface area contributed by atoms with Gasteiger partial charge in [-0.2, -0.15) is 0 Å². The number of methoxy groups -OCH3 is 1. The molecule has 0 spiro atoms. The predicted molar refractivity (Wildman–Crippen MR) is 88.3 cm³/mol. The summed E-state index contributed by atoms with van der Waals surface area (Å²) in [6.07, 6.45) is 0. The summed E-state index contributed by atoms with van der Waals surface area (Å²) in [6.45, 7) is 2.54. The normalized spacial score (nSPS) is 11.0. The van der Waals surface area contributed by atoms with Gasteiger partial charge >= 0.3 is 143 Å². The zero-order chi connectivity index (χ0) is 16.1. The molecule has 0 amide bonds. The molecular weight excluding hydrogens is 413 g/mol. The van der Waals surface area contributed by atoms with Crippen molar-refractivity contribution in [3.05, 3.63) is 58.9 Å². The molecule has 0 aliphatic rings. The Kier molecular flexibility index (Phi) is 6.37. The number of benzene rings is 2. The van der Waals surface area contributed by atoms with Crippen molar-refractivity contribution in [2.24, 2.45) is 0 Å². The van der Waals surface area contributed by atoms with E-state index in [0.717, 1.165) is 28.1 Å². The van der Waals surface area contributed by atoms with Crippen LogP contribution in [0.5, 0.6) is 5.75 Å². The summed E-state index contributed by atoms with van der Waals surface area (Å²) in [6, 6.07) is 10.5. The summed E-state index contributed by atoms with van der Waals surface area (Å²) >= 11 is -2.01. The Labute approximate surface area is 142 Å². The van der Waals surface area contributed by atoms with Gasteiger partial charge in [0.1, 0.15) is 0 Å².